The molecule has 0 bridgehead atoms. The maximum atomic E-state index is 11.9. The lowest BCUT2D eigenvalue weighted by atomic mass is 9.96. The minimum atomic E-state index is -0.449. The molecule has 0 saturated carbocycles. The first-order chi connectivity index (χ1) is 9.83. The summed E-state index contributed by atoms with van der Waals surface area (Å²) in [5.74, 6) is 0.281. The summed E-state index contributed by atoms with van der Waals surface area (Å²) in [7, 11) is 0. The van der Waals surface area contributed by atoms with E-state index in [-0.39, 0.29) is 12.0 Å². The Morgan fingerprint density at radius 2 is 2.10 bits per heavy atom. The van der Waals surface area contributed by atoms with Gasteiger partial charge in [-0.15, -0.1) is 0 Å². The van der Waals surface area contributed by atoms with Gasteiger partial charge in [-0.25, -0.2) is 9.78 Å². The molecule has 0 aliphatic carbocycles. The van der Waals surface area contributed by atoms with E-state index >= 15 is 0 Å². The van der Waals surface area contributed by atoms with Gasteiger partial charge < -0.3 is 14.0 Å². The van der Waals surface area contributed by atoms with Crippen molar-refractivity contribution in [1.82, 2.24) is 14.3 Å². The van der Waals surface area contributed by atoms with E-state index in [4.69, 9.17) is 4.74 Å². The van der Waals surface area contributed by atoms with Crippen molar-refractivity contribution < 1.29 is 9.53 Å². The third-order valence-corrected chi connectivity index (χ3v) is 3.91. The van der Waals surface area contributed by atoms with Gasteiger partial charge in [0.2, 0.25) is 0 Å². The fourth-order valence-corrected chi connectivity index (χ4v) is 2.79. The van der Waals surface area contributed by atoms with Gasteiger partial charge in [-0.2, -0.15) is 0 Å². The van der Waals surface area contributed by atoms with E-state index in [2.05, 4.69) is 20.9 Å². The molecule has 2 aromatic rings. The van der Waals surface area contributed by atoms with Crippen molar-refractivity contribution >= 4 is 27.5 Å². The average Bonchev–Trinajstić information content (AvgIpc) is 2.67. The van der Waals surface area contributed by atoms with Crippen LogP contribution in [0.15, 0.2) is 29.1 Å². The molecule has 3 heterocycles. The largest absolute Gasteiger partial charge is 0.444 e. The lowest BCUT2D eigenvalue weighted by Crippen LogP contribution is -2.50. The van der Waals surface area contributed by atoms with Crippen LogP contribution in [-0.2, 0) is 4.74 Å². The van der Waals surface area contributed by atoms with Crippen LogP contribution in [-0.4, -0.2) is 39.1 Å². The molecule has 0 spiro atoms. The number of carbonyl (C=O) groups excluding carboxylic acids is 1. The molecule has 0 atom stereocenters. The van der Waals surface area contributed by atoms with Gasteiger partial charge in [0, 0.05) is 29.7 Å². The minimum absolute atomic E-state index is 0.245. The Labute approximate surface area is 132 Å². The van der Waals surface area contributed by atoms with Crippen LogP contribution in [0, 0.1) is 0 Å². The van der Waals surface area contributed by atoms with Gasteiger partial charge in [0.15, 0.2) is 0 Å². The molecule has 3 rings (SSSR count). The minimum Gasteiger partial charge on any atom is -0.444 e. The van der Waals surface area contributed by atoms with Crippen molar-refractivity contribution in [3.05, 3.63) is 34.8 Å². The molecule has 0 radical (unpaired) electrons. The van der Waals surface area contributed by atoms with Crippen LogP contribution in [0.25, 0.3) is 5.52 Å². The highest BCUT2D eigenvalue weighted by atomic mass is 79.9. The van der Waals surface area contributed by atoms with Crippen molar-refractivity contribution in [1.29, 1.82) is 0 Å². The molecule has 1 aliphatic rings. The topological polar surface area (TPSA) is 46.8 Å². The summed E-state index contributed by atoms with van der Waals surface area (Å²) in [4.78, 5) is 18.1. The molecule has 112 valence electrons. The molecular weight excluding hydrogens is 334 g/mol. The van der Waals surface area contributed by atoms with Gasteiger partial charge in [-0.3, -0.25) is 0 Å². The number of likely N-dealkylation sites (tertiary alicyclic amines) is 1. The number of hydrogen-bond donors (Lipinski definition) is 0. The lowest BCUT2D eigenvalue weighted by molar-refractivity contribution is 0.00801. The van der Waals surface area contributed by atoms with Crippen LogP contribution in [0.1, 0.15) is 32.4 Å². The number of amides is 1. The number of hydrogen-bond acceptors (Lipinski definition) is 3. The number of halogens is 1. The summed E-state index contributed by atoms with van der Waals surface area (Å²) >= 11 is 3.45. The lowest BCUT2D eigenvalue weighted by Gasteiger charge is -2.39. The summed E-state index contributed by atoms with van der Waals surface area (Å²) in [6, 6.07) is 4.05. The van der Waals surface area contributed by atoms with E-state index in [1.54, 1.807) is 4.90 Å². The molecule has 6 heteroatoms. The second-order valence-electron chi connectivity index (χ2n) is 6.35. The Bertz CT molecular complexity index is 684. The van der Waals surface area contributed by atoms with Crippen molar-refractivity contribution in [2.24, 2.45) is 0 Å². The van der Waals surface area contributed by atoms with Gasteiger partial charge in [0.1, 0.15) is 5.60 Å². The predicted octanol–water partition coefficient (Wildman–Crippen LogP) is 3.43. The number of aromatic nitrogens is 2. The summed E-state index contributed by atoms with van der Waals surface area (Å²) < 4.78 is 8.38. The number of rotatable bonds is 1. The fraction of sp³-hybridized carbons (Fsp3) is 0.467. The maximum Gasteiger partial charge on any atom is 0.410 e. The number of ether oxygens (including phenoxy) is 1. The van der Waals surface area contributed by atoms with E-state index in [0.717, 1.165) is 15.7 Å². The van der Waals surface area contributed by atoms with Crippen LogP contribution in [0.4, 0.5) is 4.79 Å². The Morgan fingerprint density at radius 1 is 1.38 bits per heavy atom. The van der Waals surface area contributed by atoms with E-state index in [0.29, 0.717) is 13.1 Å². The van der Waals surface area contributed by atoms with Crippen molar-refractivity contribution in [2.75, 3.05) is 13.1 Å². The Hall–Kier alpha value is -1.56. The van der Waals surface area contributed by atoms with Gasteiger partial charge in [0.25, 0.3) is 0 Å². The zero-order valence-electron chi connectivity index (χ0n) is 12.3. The number of imidazole rings is 1. The zero-order valence-corrected chi connectivity index (χ0v) is 13.9. The summed E-state index contributed by atoms with van der Waals surface area (Å²) in [6.07, 6.45) is 3.55. The van der Waals surface area contributed by atoms with Crippen molar-refractivity contribution in [3.63, 3.8) is 0 Å². The number of pyridine rings is 1. The molecule has 0 N–H and O–H groups in total. The van der Waals surface area contributed by atoms with Crippen molar-refractivity contribution in [2.45, 2.75) is 32.3 Å². The second-order valence-corrected chi connectivity index (χ2v) is 7.27. The smallest absolute Gasteiger partial charge is 0.410 e. The Kier molecular flexibility index (Phi) is 3.43. The first kappa shape index (κ1) is 14.4. The number of carbonyl (C=O) groups is 1. The standard InChI is InChI=1S/C15H18BrN3O2/c1-15(2,3)21-14(20)18-6-10(7-18)13-12-5-4-11(16)8-19(12)9-17-13/h4-5,8-10H,6-7H2,1-3H3. The van der Waals surface area contributed by atoms with Gasteiger partial charge >= 0.3 is 6.09 Å². The van der Waals surface area contributed by atoms with E-state index in [1.807, 2.05) is 49.8 Å². The summed E-state index contributed by atoms with van der Waals surface area (Å²) in [6.45, 7) is 6.96. The molecule has 0 aromatic carbocycles. The quantitative estimate of drug-likeness (QED) is 0.790. The predicted molar refractivity (Wildman–Crippen MR) is 83.4 cm³/mol. The first-order valence-corrected chi connectivity index (χ1v) is 7.73. The molecule has 1 aliphatic heterocycles. The molecule has 0 unspecified atom stereocenters. The van der Waals surface area contributed by atoms with Gasteiger partial charge in [-0.05, 0) is 48.8 Å². The molecular formula is C15H18BrN3O2. The number of nitrogens with zero attached hydrogens (tertiary/aromatic N) is 3. The van der Waals surface area contributed by atoms with E-state index in [9.17, 15) is 4.79 Å². The van der Waals surface area contributed by atoms with Crippen molar-refractivity contribution in [3.8, 4) is 0 Å². The summed E-state index contributed by atoms with van der Waals surface area (Å²) in [5.41, 5.74) is 1.68. The molecule has 1 saturated heterocycles. The molecule has 1 amide bonds. The zero-order chi connectivity index (χ0) is 15.2. The first-order valence-electron chi connectivity index (χ1n) is 6.93. The van der Waals surface area contributed by atoms with E-state index in [1.165, 1.54) is 0 Å². The van der Waals surface area contributed by atoms with Crippen LogP contribution >= 0.6 is 15.9 Å². The van der Waals surface area contributed by atoms with Crippen LogP contribution < -0.4 is 0 Å². The van der Waals surface area contributed by atoms with Crippen LogP contribution in [0.5, 0.6) is 0 Å². The SMILES string of the molecule is CC(C)(C)OC(=O)N1CC(c2ncn3cc(Br)ccc23)C1. The maximum absolute atomic E-state index is 11.9. The molecule has 1 fully saturated rings. The normalized spacial score (nSPS) is 16.1. The van der Waals surface area contributed by atoms with Crippen LogP contribution in [0.2, 0.25) is 0 Å². The highest BCUT2D eigenvalue weighted by Gasteiger charge is 2.36. The highest BCUT2D eigenvalue weighted by Crippen LogP contribution is 2.30. The van der Waals surface area contributed by atoms with Gasteiger partial charge in [-0.1, -0.05) is 0 Å². The second kappa shape index (κ2) is 5.02. The van der Waals surface area contributed by atoms with Crippen LogP contribution in [0.3, 0.4) is 0 Å². The molecule has 5 nitrogen and oxygen atoms in total. The average molecular weight is 352 g/mol. The fourth-order valence-electron chi connectivity index (χ4n) is 2.44. The summed E-state index contributed by atoms with van der Waals surface area (Å²) in [5, 5.41) is 0. The monoisotopic (exact) mass is 351 g/mol. The Balaban J connectivity index is 1.69. The molecule has 21 heavy (non-hydrogen) atoms. The van der Waals surface area contributed by atoms with Gasteiger partial charge in [0.05, 0.1) is 17.5 Å². The molecule has 2 aromatic heterocycles. The van der Waals surface area contributed by atoms with E-state index < -0.39 is 5.60 Å². The third kappa shape index (κ3) is 2.90. The third-order valence-electron chi connectivity index (χ3n) is 3.44. The highest BCUT2D eigenvalue weighted by molar-refractivity contribution is 9.10. The Morgan fingerprint density at radius 3 is 2.76 bits per heavy atom. The number of fused-ring (bicyclic) bond motifs is 1.